The zero-order valence-electron chi connectivity index (χ0n) is 10.2. The zero-order chi connectivity index (χ0) is 11.5. The lowest BCUT2D eigenvalue weighted by Gasteiger charge is -2.20. The van der Waals surface area contributed by atoms with Gasteiger partial charge in [-0.1, -0.05) is 6.07 Å². The number of nitrogens with zero attached hydrogens (tertiary/aromatic N) is 1. The Bertz CT molecular complexity index is 368. The molecular formula is C14H20N2S. The second-order valence-corrected chi connectivity index (χ2v) is 6.10. The summed E-state index contributed by atoms with van der Waals surface area (Å²) in [6.45, 7) is 2.45. The molecule has 2 nitrogen and oxygen atoms in total. The number of thioether (sulfide) groups is 1. The summed E-state index contributed by atoms with van der Waals surface area (Å²) in [5, 5.41) is 3.66. The van der Waals surface area contributed by atoms with E-state index < -0.39 is 0 Å². The first-order valence-corrected chi connectivity index (χ1v) is 7.76. The van der Waals surface area contributed by atoms with Gasteiger partial charge in [-0.25, -0.2) is 0 Å². The fraction of sp³-hybridized carbons (Fsp3) is 0.571. The number of benzene rings is 1. The predicted molar refractivity (Wildman–Crippen MR) is 77.2 cm³/mol. The van der Waals surface area contributed by atoms with Gasteiger partial charge in [0.15, 0.2) is 0 Å². The Balaban J connectivity index is 1.69. The van der Waals surface area contributed by atoms with E-state index in [1.54, 1.807) is 0 Å². The van der Waals surface area contributed by atoms with Crippen LogP contribution in [0.15, 0.2) is 24.3 Å². The van der Waals surface area contributed by atoms with Crippen LogP contribution in [0.25, 0.3) is 0 Å². The second kappa shape index (κ2) is 5.21. The molecule has 0 spiro atoms. The highest BCUT2D eigenvalue weighted by Crippen LogP contribution is 2.26. The van der Waals surface area contributed by atoms with Crippen LogP contribution in [0, 0.1) is 0 Å². The van der Waals surface area contributed by atoms with E-state index in [9.17, 15) is 0 Å². The van der Waals surface area contributed by atoms with Crippen molar-refractivity contribution < 1.29 is 0 Å². The number of hydrogen-bond donors (Lipinski definition) is 1. The molecule has 0 aromatic heterocycles. The first-order chi connectivity index (χ1) is 8.42. The highest BCUT2D eigenvalue weighted by molar-refractivity contribution is 7.99. The van der Waals surface area contributed by atoms with Crippen LogP contribution in [-0.4, -0.2) is 30.6 Å². The zero-order valence-corrected chi connectivity index (χ0v) is 11.0. The molecule has 92 valence electrons. The first kappa shape index (κ1) is 11.3. The molecule has 2 fully saturated rings. The van der Waals surface area contributed by atoms with Crippen molar-refractivity contribution in [3.8, 4) is 0 Å². The van der Waals surface area contributed by atoms with E-state index in [0.29, 0.717) is 6.04 Å². The third-order valence-corrected chi connectivity index (χ3v) is 4.78. The molecule has 0 aliphatic carbocycles. The Hall–Kier alpha value is -0.830. The average molecular weight is 248 g/mol. The van der Waals surface area contributed by atoms with Crippen LogP contribution < -0.4 is 10.2 Å². The Morgan fingerprint density at radius 2 is 2.12 bits per heavy atom. The second-order valence-electron chi connectivity index (χ2n) is 4.95. The van der Waals surface area contributed by atoms with Gasteiger partial charge in [-0.3, -0.25) is 0 Å². The quantitative estimate of drug-likeness (QED) is 0.884. The van der Waals surface area contributed by atoms with Crippen LogP contribution in [0.3, 0.4) is 0 Å². The number of nitrogens with one attached hydrogen (secondary N) is 1. The summed E-state index contributed by atoms with van der Waals surface area (Å²) in [6, 6.07) is 9.60. The smallest absolute Gasteiger partial charge is 0.0386 e. The maximum absolute atomic E-state index is 3.66. The van der Waals surface area contributed by atoms with E-state index in [1.165, 1.54) is 55.2 Å². The summed E-state index contributed by atoms with van der Waals surface area (Å²) in [7, 11) is 0. The maximum Gasteiger partial charge on any atom is 0.0386 e. The summed E-state index contributed by atoms with van der Waals surface area (Å²) in [6.07, 6.45) is 3.99. The molecule has 1 aromatic rings. The lowest BCUT2D eigenvalue weighted by atomic mass is 10.2. The molecule has 2 saturated heterocycles. The summed E-state index contributed by atoms with van der Waals surface area (Å²) < 4.78 is 0. The molecule has 0 saturated carbocycles. The Labute approximate surface area is 108 Å². The van der Waals surface area contributed by atoms with Crippen molar-refractivity contribution in [2.75, 3.05) is 34.8 Å². The van der Waals surface area contributed by atoms with E-state index >= 15 is 0 Å². The predicted octanol–water partition coefficient (Wildman–Crippen LogP) is 3.20. The van der Waals surface area contributed by atoms with Gasteiger partial charge in [0.1, 0.15) is 0 Å². The van der Waals surface area contributed by atoms with E-state index in [-0.39, 0.29) is 0 Å². The van der Waals surface area contributed by atoms with Crippen molar-refractivity contribution in [3.05, 3.63) is 24.3 Å². The first-order valence-electron chi connectivity index (χ1n) is 6.61. The van der Waals surface area contributed by atoms with Crippen LogP contribution in [0.5, 0.6) is 0 Å². The minimum Gasteiger partial charge on any atom is -0.381 e. The molecule has 0 radical (unpaired) electrons. The van der Waals surface area contributed by atoms with Crippen LogP contribution in [0.1, 0.15) is 19.3 Å². The summed E-state index contributed by atoms with van der Waals surface area (Å²) in [4.78, 5) is 2.49. The number of hydrogen-bond acceptors (Lipinski definition) is 3. The summed E-state index contributed by atoms with van der Waals surface area (Å²) in [5.41, 5.74) is 2.68. The molecule has 17 heavy (non-hydrogen) atoms. The van der Waals surface area contributed by atoms with Gasteiger partial charge in [0.25, 0.3) is 0 Å². The van der Waals surface area contributed by atoms with Gasteiger partial charge in [0.2, 0.25) is 0 Å². The maximum atomic E-state index is 3.66. The fourth-order valence-electron chi connectivity index (χ4n) is 2.65. The summed E-state index contributed by atoms with van der Waals surface area (Å²) in [5.74, 6) is 2.57. The molecule has 2 aliphatic heterocycles. The fourth-order valence-corrected chi connectivity index (χ4v) is 3.80. The van der Waals surface area contributed by atoms with Gasteiger partial charge in [-0.15, -0.1) is 0 Å². The third-order valence-electron chi connectivity index (χ3n) is 3.62. The summed E-state index contributed by atoms with van der Waals surface area (Å²) >= 11 is 2.06. The van der Waals surface area contributed by atoms with Crippen molar-refractivity contribution in [1.29, 1.82) is 0 Å². The molecule has 3 heteroatoms. The van der Waals surface area contributed by atoms with Gasteiger partial charge in [0.05, 0.1) is 0 Å². The Kier molecular flexibility index (Phi) is 3.46. The van der Waals surface area contributed by atoms with Crippen molar-refractivity contribution in [1.82, 2.24) is 0 Å². The highest BCUT2D eigenvalue weighted by Gasteiger charge is 2.16. The molecule has 0 bridgehead atoms. The van der Waals surface area contributed by atoms with Gasteiger partial charge >= 0.3 is 0 Å². The topological polar surface area (TPSA) is 15.3 Å². The Morgan fingerprint density at radius 3 is 2.88 bits per heavy atom. The standard InChI is InChI=1S/C14H20N2S/c1-2-8-16(7-1)14-5-3-4-12(10-14)15-13-6-9-17-11-13/h3-5,10,13,15H,1-2,6-9,11H2. The third kappa shape index (κ3) is 2.71. The minimum absolute atomic E-state index is 0.675. The molecule has 3 rings (SSSR count). The number of anilines is 2. The van der Waals surface area contributed by atoms with E-state index in [0.717, 1.165) is 0 Å². The molecule has 2 aliphatic rings. The largest absolute Gasteiger partial charge is 0.381 e. The average Bonchev–Trinajstić information content (AvgIpc) is 3.01. The van der Waals surface area contributed by atoms with Crippen molar-refractivity contribution in [3.63, 3.8) is 0 Å². The van der Waals surface area contributed by atoms with Crippen molar-refractivity contribution >= 4 is 23.1 Å². The Morgan fingerprint density at radius 1 is 1.24 bits per heavy atom. The molecule has 0 amide bonds. The van der Waals surface area contributed by atoms with Crippen LogP contribution in [0.4, 0.5) is 11.4 Å². The molecular weight excluding hydrogens is 228 g/mol. The minimum atomic E-state index is 0.675. The van der Waals surface area contributed by atoms with Gasteiger partial charge in [-0.2, -0.15) is 11.8 Å². The highest BCUT2D eigenvalue weighted by atomic mass is 32.2. The van der Waals surface area contributed by atoms with Gasteiger partial charge < -0.3 is 10.2 Å². The SMILES string of the molecule is c1cc(NC2CCSC2)cc(N2CCCC2)c1. The normalized spacial score (nSPS) is 24.2. The monoisotopic (exact) mass is 248 g/mol. The van der Waals surface area contributed by atoms with E-state index in [2.05, 4.69) is 46.2 Å². The van der Waals surface area contributed by atoms with Crippen molar-refractivity contribution in [2.24, 2.45) is 0 Å². The van der Waals surface area contributed by atoms with Gasteiger partial charge in [-0.05, 0) is 43.2 Å². The molecule has 1 unspecified atom stereocenters. The molecule has 1 N–H and O–H groups in total. The van der Waals surface area contributed by atoms with Crippen LogP contribution in [0.2, 0.25) is 0 Å². The van der Waals surface area contributed by atoms with E-state index in [1.807, 2.05) is 0 Å². The molecule has 1 aromatic carbocycles. The molecule has 2 heterocycles. The molecule has 1 atom stereocenters. The number of rotatable bonds is 3. The van der Waals surface area contributed by atoms with Crippen LogP contribution >= 0.6 is 11.8 Å². The van der Waals surface area contributed by atoms with Gasteiger partial charge in [0, 0.05) is 36.3 Å². The lowest BCUT2D eigenvalue weighted by molar-refractivity contribution is 0.813. The van der Waals surface area contributed by atoms with E-state index in [4.69, 9.17) is 0 Å². The van der Waals surface area contributed by atoms with Crippen LogP contribution in [-0.2, 0) is 0 Å². The van der Waals surface area contributed by atoms with Crippen molar-refractivity contribution in [2.45, 2.75) is 25.3 Å². The lowest BCUT2D eigenvalue weighted by Crippen LogP contribution is -2.20.